The van der Waals surface area contributed by atoms with Crippen molar-refractivity contribution in [3.63, 3.8) is 0 Å². The van der Waals surface area contributed by atoms with E-state index in [1.54, 1.807) is 7.11 Å². The van der Waals surface area contributed by atoms with Gasteiger partial charge in [0.1, 0.15) is 16.3 Å². The van der Waals surface area contributed by atoms with Gasteiger partial charge in [0.05, 0.1) is 12.8 Å². The van der Waals surface area contributed by atoms with Gasteiger partial charge in [-0.2, -0.15) is 0 Å². The maximum absolute atomic E-state index is 12.8. The molecular formula is C21H19N3O5S. The van der Waals surface area contributed by atoms with Gasteiger partial charge in [0, 0.05) is 18.3 Å². The third kappa shape index (κ3) is 3.55. The zero-order valence-corrected chi connectivity index (χ0v) is 16.9. The first-order valence-corrected chi connectivity index (χ1v) is 10.6. The Labute approximate surface area is 173 Å². The van der Waals surface area contributed by atoms with Crippen LogP contribution in [0.3, 0.4) is 0 Å². The van der Waals surface area contributed by atoms with Crippen molar-refractivity contribution in [3.05, 3.63) is 77.6 Å². The van der Waals surface area contributed by atoms with E-state index in [1.165, 1.54) is 36.5 Å². The summed E-state index contributed by atoms with van der Waals surface area (Å²) in [6.45, 7) is 0.401. The van der Waals surface area contributed by atoms with Crippen LogP contribution in [0.1, 0.15) is 26.4 Å². The zero-order chi connectivity index (χ0) is 21.3. The lowest BCUT2D eigenvalue weighted by molar-refractivity contribution is 0.0952. The number of anilines is 1. The molecule has 4 rings (SSSR count). The monoisotopic (exact) mass is 425 g/mol. The molecule has 0 atom stereocenters. The van der Waals surface area contributed by atoms with Crippen molar-refractivity contribution >= 4 is 27.5 Å². The van der Waals surface area contributed by atoms with E-state index in [0.717, 1.165) is 15.3 Å². The van der Waals surface area contributed by atoms with E-state index in [-0.39, 0.29) is 27.7 Å². The molecule has 1 aromatic heterocycles. The fraction of sp³-hybridized carbons (Fsp3) is 0.143. The van der Waals surface area contributed by atoms with E-state index >= 15 is 0 Å². The van der Waals surface area contributed by atoms with Crippen molar-refractivity contribution in [1.82, 2.24) is 9.29 Å². The zero-order valence-electron chi connectivity index (χ0n) is 16.1. The molecule has 2 N–H and O–H groups in total. The summed E-state index contributed by atoms with van der Waals surface area (Å²) in [6, 6.07) is 14.6. The maximum Gasteiger partial charge on any atom is 0.273 e. The number of hydrogen-bond acceptors (Lipinski definition) is 5. The van der Waals surface area contributed by atoms with E-state index in [0.29, 0.717) is 13.0 Å². The minimum Gasteiger partial charge on any atom is -0.497 e. The van der Waals surface area contributed by atoms with Gasteiger partial charge in [0.2, 0.25) is 0 Å². The summed E-state index contributed by atoms with van der Waals surface area (Å²) in [5.41, 5.74) is 1.38. The molecule has 30 heavy (non-hydrogen) atoms. The van der Waals surface area contributed by atoms with Gasteiger partial charge < -0.3 is 15.4 Å². The number of nitrogens with zero attached hydrogens (tertiary/aromatic N) is 1. The fourth-order valence-electron chi connectivity index (χ4n) is 3.25. The Morgan fingerprint density at radius 1 is 1.13 bits per heavy atom. The van der Waals surface area contributed by atoms with Crippen LogP contribution in [0.4, 0.5) is 5.69 Å². The molecule has 0 bridgehead atoms. The van der Waals surface area contributed by atoms with E-state index in [1.807, 2.05) is 24.3 Å². The van der Waals surface area contributed by atoms with Crippen molar-refractivity contribution in [2.45, 2.75) is 11.3 Å². The molecule has 154 valence electrons. The number of nitrogens with one attached hydrogen (secondary N) is 2. The number of ether oxygens (including phenoxy) is 1. The molecule has 0 fully saturated rings. The molecule has 1 aliphatic heterocycles. The topological polar surface area (TPSA) is 106 Å². The number of aromatic nitrogens is 1. The molecular weight excluding hydrogens is 406 g/mol. The molecule has 0 unspecified atom stereocenters. The number of hydrogen-bond donors (Lipinski definition) is 2. The van der Waals surface area contributed by atoms with Gasteiger partial charge in [0.25, 0.3) is 21.8 Å². The maximum atomic E-state index is 12.8. The summed E-state index contributed by atoms with van der Waals surface area (Å²) < 4.78 is 31.7. The Balaban J connectivity index is 1.50. The molecule has 0 saturated carbocycles. The molecule has 3 aromatic rings. The van der Waals surface area contributed by atoms with Gasteiger partial charge in [-0.3, -0.25) is 9.59 Å². The molecule has 0 spiro atoms. The Morgan fingerprint density at radius 2 is 1.90 bits per heavy atom. The first kappa shape index (κ1) is 19.7. The summed E-state index contributed by atoms with van der Waals surface area (Å²) >= 11 is 0. The summed E-state index contributed by atoms with van der Waals surface area (Å²) in [4.78, 5) is 24.8. The van der Waals surface area contributed by atoms with Crippen LogP contribution in [0.2, 0.25) is 0 Å². The molecule has 2 aromatic carbocycles. The van der Waals surface area contributed by atoms with Gasteiger partial charge in [-0.15, -0.1) is 0 Å². The second kappa shape index (κ2) is 7.68. The Bertz CT molecular complexity index is 1230. The first-order valence-electron chi connectivity index (χ1n) is 9.19. The number of methoxy groups -OCH3 is 1. The third-order valence-electron chi connectivity index (χ3n) is 4.83. The predicted octanol–water partition coefficient (Wildman–Crippen LogP) is 2.27. The quantitative estimate of drug-likeness (QED) is 0.652. The van der Waals surface area contributed by atoms with Crippen LogP contribution >= 0.6 is 0 Å². The van der Waals surface area contributed by atoms with Crippen molar-refractivity contribution in [2.24, 2.45) is 0 Å². The minimum atomic E-state index is -3.94. The molecule has 2 heterocycles. The number of benzene rings is 2. The van der Waals surface area contributed by atoms with Gasteiger partial charge in [-0.05, 0) is 54.4 Å². The molecule has 0 saturated heterocycles. The molecule has 0 aliphatic carbocycles. The van der Waals surface area contributed by atoms with E-state index in [9.17, 15) is 18.0 Å². The van der Waals surface area contributed by atoms with Crippen LogP contribution in [0.5, 0.6) is 5.75 Å². The lowest BCUT2D eigenvalue weighted by Crippen LogP contribution is -2.26. The van der Waals surface area contributed by atoms with Gasteiger partial charge >= 0.3 is 0 Å². The predicted molar refractivity (Wildman–Crippen MR) is 110 cm³/mol. The lowest BCUT2D eigenvalue weighted by atomic mass is 10.1. The van der Waals surface area contributed by atoms with Crippen LogP contribution in [0.25, 0.3) is 0 Å². The van der Waals surface area contributed by atoms with Crippen molar-refractivity contribution in [2.75, 3.05) is 19.0 Å². The number of rotatable bonds is 5. The van der Waals surface area contributed by atoms with Crippen molar-refractivity contribution in [1.29, 1.82) is 0 Å². The summed E-state index contributed by atoms with van der Waals surface area (Å²) in [5.74, 6) is -0.155. The van der Waals surface area contributed by atoms with Crippen LogP contribution < -0.4 is 15.4 Å². The van der Waals surface area contributed by atoms with Crippen molar-refractivity contribution < 1.29 is 22.7 Å². The number of carbonyl (C=O) groups is 2. The molecule has 1 aliphatic rings. The number of carbonyl (C=O) groups excluding carboxylic acids is 2. The summed E-state index contributed by atoms with van der Waals surface area (Å²) in [7, 11) is -2.34. The second-order valence-corrected chi connectivity index (χ2v) is 8.50. The summed E-state index contributed by atoms with van der Waals surface area (Å²) in [5, 5.41) is 5.38. The molecule has 2 amide bonds. The summed E-state index contributed by atoms with van der Waals surface area (Å²) in [6.07, 6.45) is 1.94. The molecule has 0 radical (unpaired) electrons. The van der Waals surface area contributed by atoms with Gasteiger partial charge in [-0.1, -0.05) is 12.1 Å². The highest BCUT2D eigenvalue weighted by Gasteiger charge is 2.30. The largest absolute Gasteiger partial charge is 0.497 e. The number of fused-ring (bicyclic) bond motifs is 2. The van der Waals surface area contributed by atoms with E-state index < -0.39 is 15.9 Å². The highest BCUT2D eigenvalue weighted by molar-refractivity contribution is 7.90. The third-order valence-corrected chi connectivity index (χ3v) is 6.58. The van der Waals surface area contributed by atoms with Crippen LogP contribution in [-0.2, 0) is 16.4 Å². The molecule has 9 heteroatoms. The minimum absolute atomic E-state index is 0.0108. The van der Waals surface area contributed by atoms with Gasteiger partial charge in [-0.25, -0.2) is 12.4 Å². The number of amides is 2. The first-order chi connectivity index (χ1) is 14.4. The Kier molecular flexibility index (Phi) is 5.04. The average Bonchev–Trinajstić information content (AvgIpc) is 3.22. The SMILES string of the molecule is COc1ccc(CCNC(=O)c2ccc3c(c2)NC(=O)c2cccn2S3(=O)=O)cc1. The average molecular weight is 425 g/mol. The van der Waals surface area contributed by atoms with E-state index in [4.69, 9.17) is 4.74 Å². The van der Waals surface area contributed by atoms with Crippen LogP contribution in [0.15, 0.2) is 65.7 Å². The smallest absolute Gasteiger partial charge is 0.273 e. The Morgan fingerprint density at radius 3 is 2.63 bits per heavy atom. The lowest BCUT2D eigenvalue weighted by Gasteiger charge is -2.10. The standard InChI is InChI=1S/C21H19N3O5S/c1-29-16-7-4-14(5-8-16)10-11-22-20(25)15-6-9-19-17(13-15)23-21(26)18-3-2-12-24(18)30(19,27)28/h2-9,12-13H,10-11H2,1H3,(H,22,25)(H,23,26). The van der Waals surface area contributed by atoms with Crippen molar-refractivity contribution in [3.8, 4) is 5.75 Å². The highest BCUT2D eigenvalue weighted by atomic mass is 32.2. The second-order valence-electron chi connectivity index (χ2n) is 6.71. The highest BCUT2D eigenvalue weighted by Crippen LogP contribution is 2.29. The van der Waals surface area contributed by atoms with Crippen LogP contribution in [-0.4, -0.2) is 37.9 Å². The fourth-order valence-corrected chi connectivity index (χ4v) is 4.73. The van der Waals surface area contributed by atoms with E-state index in [2.05, 4.69) is 10.6 Å². The van der Waals surface area contributed by atoms with Crippen LogP contribution in [0, 0.1) is 0 Å². The van der Waals surface area contributed by atoms with Gasteiger partial charge in [0.15, 0.2) is 0 Å². The molecule has 8 nitrogen and oxygen atoms in total. The normalized spacial score (nSPS) is 14.1. The Hall–Kier alpha value is -3.59.